The minimum Gasteiger partial charge on any atom is -0.365 e. The Morgan fingerprint density at radius 1 is 1.42 bits per heavy atom. The third-order valence-electron chi connectivity index (χ3n) is 3.85. The number of aryl methyl sites for hydroxylation is 1. The van der Waals surface area contributed by atoms with E-state index in [2.05, 4.69) is 59.1 Å². The second kappa shape index (κ2) is 6.02. The largest absolute Gasteiger partial charge is 0.365 e. The minimum atomic E-state index is 0.502. The lowest BCUT2D eigenvalue weighted by atomic mass is 9.98. The normalized spacial score (nSPS) is 24.1. The van der Waals surface area contributed by atoms with E-state index >= 15 is 0 Å². The van der Waals surface area contributed by atoms with E-state index in [1.54, 1.807) is 0 Å². The van der Waals surface area contributed by atoms with Crippen LogP contribution in [0.1, 0.15) is 26.3 Å². The van der Waals surface area contributed by atoms with Crippen LogP contribution < -0.4 is 10.2 Å². The summed E-state index contributed by atoms with van der Waals surface area (Å²) in [6.07, 6.45) is 0. The highest BCUT2D eigenvalue weighted by Gasteiger charge is 2.29. The van der Waals surface area contributed by atoms with Gasteiger partial charge in [-0.3, -0.25) is 0 Å². The second-order valence-corrected chi connectivity index (χ2v) is 7.09. The molecule has 0 amide bonds. The molecule has 1 heterocycles. The smallest absolute Gasteiger partial charge is 0.0529 e. The molecule has 1 aromatic carbocycles. The Kier molecular flexibility index (Phi) is 4.80. The summed E-state index contributed by atoms with van der Waals surface area (Å²) in [5, 5.41) is 4.41. The summed E-state index contributed by atoms with van der Waals surface area (Å²) in [6.45, 7) is 10.9. The lowest BCUT2D eigenvalue weighted by molar-refractivity contribution is 0.349. The molecule has 0 radical (unpaired) electrons. The standard InChI is InChI=1S/C15H22BrClN2/c1-9(2)15-7-18-11(4)8-19(15)14-6-13(17)10(3)5-12(14)16/h5-6,9,11,15,18H,7-8H2,1-4H3. The average Bonchev–Trinajstić information content (AvgIpc) is 2.33. The monoisotopic (exact) mass is 344 g/mol. The Morgan fingerprint density at radius 2 is 2.11 bits per heavy atom. The molecule has 4 heteroatoms. The van der Waals surface area contributed by atoms with E-state index in [1.165, 1.54) is 5.69 Å². The van der Waals surface area contributed by atoms with Crippen molar-refractivity contribution in [2.24, 2.45) is 5.92 Å². The molecule has 106 valence electrons. The first-order valence-corrected chi connectivity index (χ1v) is 8.03. The molecular formula is C15H22BrClN2. The van der Waals surface area contributed by atoms with Crippen LogP contribution in [0.5, 0.6) is 0 Å². The first-order chi connectivity index (χ1) is 8.90. The summed E-state index contributed by atoms with van der Waals surface area (Å²) in [5.41, 5.74) is 2.32. The first-order valence-electron chi connectivity index (χ1n) is 6.85. The van der Waals surface area contributed by atoms with Crippen LogP contribution in [-0.2, 0) is 0 Å². The van der Waals surface area contributed by atoms with Crippen LogP contribution in [-0.4, -0.2) is 25.2 Å². The van der Waals surface area contributed by atoms with E-state index in [0.717, 1.165) is 28.1 Å². The van der Waals surface area contributed by atoms with Crippen LogP contribution in [0.4, 0.5) is 5.69 Å². The number of anilines is 1. The maximum Gasteiger partial charge on any atom is 0.0529 e. The van der Waals surface area contributed by atoms with Gasteiger partial charge >= 0.3 is 0 Å². The second-order valence-electron chi connectivity index (χ2n) is 5.83. The topological polar surface area (TPSA) is 15.3 Å². The first kappa shape index (κ1) is 15.1. The minimum absolute atomic E-state index is 0.502. The van der Waals surface area contributed by atoms with E-state index in [4.69, 9.17) is 11.6 Å². The summed E-state index contributed by atoms with van der Waals surface area (Å²) in [7, 11) is 0. The number of benzene rings is 1. The van der Waals surface area contributed by atoms with E-state index in [9.17, 15) is 0 Å². The van der Waals surface area contributed by atoms with Crippen LogP contribution in [0.25, 0.3) is 0 Å². The number of rotatable bonds is 2. The number of piperazine rings is 1. The molecule has 2 nitrogen and oxygen atoms in total. The molecule has 2 unspecified atom stereocenters. The SMILES string of the molecule is Cc1cc(Br)c(N2CC(C)NCC2C(C)C)cc1Cl. The van der Waals surface area contributed by atoms with Gasteiger partial charge in [0.15, 0.2) is 0 Å². The molecule has 1 N–H and O–H groups in total. The molecular weight excluding hydrogens is 324 g/mol. The Morgan fingerprint density at radius 3 is 2.74 bits per heavy atom. The van der Waals surface area contributed by atoms with Crippen molar-refractivity contribution in [3.8, 4) is 0 Å². The van der Waals surface area contributed by atoms with Gasteiger partial charge in [0.25, 0.3) is 0 Å². The van der Waals surface area contributed by atoms with Crippen molar-refractivity contribution in [1.82, 2.24) is 5.32 Å². The van der Waals surface area contributed by atoms with E-state index in [0.29, 0.717) is 18.0 Å². The van der Waals surface area contributed by atoms with Gasteiger partial charge < -0.3 is 10.2 Å². The zero-order chi connectivity index (χ0) is 14.2. The Hall–Kier alpha value is -0.250. The Labute approximate surface area is 129 Å². The Balaban J connectivity index is 2.38. The zero-order valence-electron chi connectivity index (χ0n) is 12.0. The maximum atomic E-state index is 6.31. The predicted octanol–water partition coefficient (Wildman–Crippen LogP) is 4.23. The Bertz CT molecular complexity index is 462. The third-order valence-corrected chi connectivity index (χ3v) is 4.90. The lowest BCUT2D eigenvalue weighted by Gasteiger charge is -2.43. The van der Waals surface area contributed by atoms with Gasteiger partial charge in [0.2, 0.25) is 0 Å². The van der Waals surface area contributed by atoms with Gasteiger partial charge in [0, 0.05) is 34.7 Å². The molecule has 1 aromatic rings. The highest BCUT2D eigenvalue weighted by molar-refractivity contribution is 9.10. The summed E-state index contributed by atoms with van der Waals surface area (Å²) < 4.78 is 1.13. The molecule has 0 aromatic heterocycles. The third kappa shape index (κ3) is 3.26. The summed E-state index contributed by atoms with van der Waals surface area (Å²) >= 11 is 10.00. The van der Waals surface area contributed by atoms with Crippen LogP contribution in [0.15, 0.2) is 16.6 Å². The average molecular weight is 346 g/mol. The van der Waals surface area contributed by atoms with Gasteiger partial charge in [-0.15, -0.1) is 0 Å². The van der Waals surface area contributed by atoms with Crippen molar-refractivity contribution in [3.63, 3.8) is 0 Å². The van der Waals surface area contributed by atoms with Crippen LogP contribution in [0, 0.1) is 12.8 Å². The molecule has 2 rings (SSSR count). The quantitative estimate of drug-likeness (QED) is 0.862. The summed E-state index contributed by atoms with van der Waals surface area (Å²) in [4.78, 5) is 2.49. The lowest BCUT2D eigenvalue weighted by Crippen LogP contribution is -2.57. The van der Waals surface area contributed by atoms with Gasteiger partial charge in [0.05, 0.1) is 5.69 Å². The van der Waals surface area contributed by atoms with Gasteiger partial charge in [-0.2, -0.15) is 0 Å². The van der Waals surface area contributed by atoms with Crippen molar-refractivity contribution in [2.75, 3.05) is 18.0 Å². The van der Waals surface area contributed by atoms with Gasteiger partial charge in [-0.25, -0.2) is 0 Å². The summed E-state index contributed by atoms with van der Waals surface area (Å²) in [5.74, 6) is 0.604. The number of hydrogen-bond acceptors (Lipinski definition) is 2. The van der Waals surface area contributed by atoms with E-state index in [1.807, 2.05) is 6.92 Å². The summed E-state index contributed by atoms with van der Waals surface area (Å²) in [6, 6.07) is 5.21. The highest BCUT2D eigenvalue weighted by atomic mass is 79.9. The van der Waals surface area contributed by atoms with Gasteiger partial charge in [-0.1, -0.05) is 25.4 Å². The molecule has 0 spiro atoms. The van der Waals surface area contributed by atoms with E-state index in [-0.39, 0.29) is 0 Å². The highest BCUT2D eigenvalue weighted by Crippen LogP contribution is 2.35. The molecule has 2 atom stereocenters. The van der Waals surface area contributed by atoms with Crippen molar-refractivity contribution >= 4 is 33.2 Å². The fourth-order valence-electron chi connectivity index (χ4n) is 2.66. The van der Waals surface area contributed by atoms with Crippen molar-refractivity contribution < 1.29 is 0 Å². The van der Waals surface area contributed by atoms with Crippen LogP contribution >= 0.6 is 27.5 Å². The molecule has 1 saturated heterocycles. The number of nitrogens with zero attached hydrogens (tertiary/aromatic N) is 1. The fourth-order valence-corrected chi connectivity index (χ4v) is 3.50. The van der Waals surface area contributed by atoms with Gasteiger partial charge in [0.1, 0.15) is 0 Å². The van der Waals surface area contributed by atoms with Crippen molar-refractivity contribution in [3.05, 3.63) is 27.2 Å². The number of halogens is 2. The maximum absolute atomic E-state index is 6.31. The molecule has 0 aliphatic carbocycles. The van der Waals surface area contributed by atoms with Crippen LogP contribution in [0.3, 0.4) is 0 Å². The number of nitrogens with one attached hydrogen (secondary N) is 1. The molecule has 1 fully saturated rings. The zero-order valence-corrected chi connectivity index (χ0v) is 14.3. The van der Waals surface area contributed by atoms with E-state index < -0.39 is 0 Å². The molecule has 1 aliphatic rings. The van der Waals surface area contributed by atoms with Crippen molar-refractivity contribution in [1.29, 1.82) is 0 Å². The fraction of sp³-hybridized carbons (Fsp3) is 0.600. The molecule has 0 saturated carbocycles. The number of hydrogen-bond donors (Lipinski definition) is 1. The molecule has 19 heavy (non-hydrogen) atoms. The van der Waals surface area contributed by atoms with Crippen molar-refractivity contribution in [2.45, 2.75) is 39.8 Å². The molecule has 1 aliphatic heterocycles. The molecule has 0 bridgehead atoms. The van der Waals surface area contributed by atoms with Gasteiger partial charge in [-0.05, 0) is 53.4 Å². The van der Waals surface area contributed by atoms with Crippen LogP contribution in [0.2, 0.25) is 5.02 Å². The predicted molar refractivity (Wildman–Crippen MR) is 87.3 cm³/mol.